The van der Waals surface area contributed by atoms with Gasteiger partial charge in [-0.3, -0.25) is 14.5 Å². The van der Waals surface area contributed by atoms with Crippen molar-refractivity contribution in [2.24, 2.45) is 5.92 Å². The lowest BCUT2D eigenvalue weighted by Gasteiger charge is -2.34. The van der Waals surface area contributed by atoms with E-state index in [-0.39, 0.29) is 36.3 Å². The van der Waals surface area contributed by atoms with E-state index in [1.807, 2.05) is 30.3 Å². The molecule has 0 aromatic heterocycles. The molecule has 0 saturated heterocycles. The average molecular weight is 454 g/mol. The van der Waals surface area contributed by atoms with Gasteiger partial charge in [0.2, 0.25) is 5.91 Å². The van der Waals surface area contributed by atoms with Crippen molar-refractivity contribution < 1.29 is 19.1 Å². The molecule has 3 rings (SSSR count). The number of carbonyl (C=O) groups excluding carboxylic acids is 2. The SMILES string of the molecule is CO[C@H]1CN(C)C(=O)c2cc(NC(=O)Cc3ccccc3)ccc2OC[C@@H](C)N(C)C[C@H]1C. The lowest BCUT2D eigenvalue weighted by Crippen LogP contribution is -2.45. The predicted molar refractivity (Wildman–Crippen MR) is 130 cm³/mol. The van der Waals surface area contributed by atoms with Gasteiger partial charge in [0.05, 0.1) is 18.1 Å². The molecule has 0 saturated carbocycles. The number of nitrogens with zero attached hydrogens (tertiary/aromatic N) is 2. The lowest BCUT2D eigenvalue weighted by molar-refractivity contribution is -0.115. The van der Waals surface area contributed by atoms with E-state index < -0.39 is 0 Å². The smallest absolute Gasteiger partial charge is 0.257 e. The average Bonchev–Trinajstić information content (AvgIpc) is 2.80. The van der Waals surface area contributed by atoms with Gasteiger partial charge in [-0.05, 0) is 43.7 Å². The van der Waals surface area contributed by atoms with Gasteiger partial charge in [0.15, 0.2) is 0 Å². The number of fused-ring (bicyclic) bond motifs is 1. The molecule has 0 bridgehead atoms. The third-order valence-electron chi connectivity index (χ3n) is 6.25. The van der Waals surface area contributed by atoms with Crippen LogP contribution >= 0.6 is 0 Å². The number of methoxy groups -OCH3 is 1. The van der Waals surface area contributed by atoms with Crippen LogP contribution < -0.4 is 10.1 Å². The number of rotatable bonds is 4. The molecule has 2 aromatic rings. The Morgan fingerprint density at radius 1 is 1.12 bits per heavy atom. The second-order valence-corrected chi connectivity index (χ2v) is 8.96. The third kappa shape index (κ3) is 6.55. The summed E-state index contributed by atoms with van der Waals surface area (Å²) in [5.41, 5.74) is 1.92. The van der Waals surface area contributed by atoms with Crippen molar-refractivity contribution in [1.82, 2.24) is 9.80 Å². The number of benzene rings is 2. The van der Waals surface area contributed by atoms with Crippen LogP contribution in [0.4, 0.5) is 5.69 Å². The van der Waals surface area contributed by atoms with E-state index in [1.165, 1.54) is 0 Å². The maximum atomic E-state index is 13.4. The van der Waals surface area contributed by atoms with E-state index in [1.54, 1.807) is 37.3 Å². The van der Waals surface area contributed by atoms with E-state index in [4.69, 9.17) is 9.47 Å². The van der Waals surface area contributed by atoms with E-state index >= 15 is 0 Å². The Bertz CT molecular complexity index is 950. The summed E-state index contributed by atoms with van der Waals surface area (Å²) in [6.07, 6.45) is 0.172. The van der Waals surface area contributed by atoms with E-state index in [9.17, 15) is 9.59 Å². The number of ether oxygens (including phenoxy) is 2. The molecule has 2 aromatic carbocycles. The van der Waals surface area contributed by atoms with Gasteiger partial charge in [-0.2, -0.15) is 0 Å². The van der Waals surface area contributed by atoms with Crippen molar-refractivity contribution in [2.75, 3.05) is 46.2 Å². The highest BCUT2D eigenvalue weighted by Gasteiger charge is 2.27. The minimum Gasteiger partial charge on any atom is -0.491 e. The Labute approximate surface area is 196 Å². The summed E-state index contributed by atoms with van der Waals surface area (Å²) >= 11 is 0. The molecule has 0 unspecified atom stereocenters. The second kappa shape index (κ2) is 11.3. The first kappa shape index (κ1) is 24.7. The van der Waals surface area contributed by atoms with Gasteiger partial charge in [-0.1, -0.05) is 37.3 Å². The summed E-state index contributed by atoms with van der Waals surface area (Å²) in [6, 6.07) is 14.9. The lowest BCUT2D eigenvalue weighted by atomic mass is 10.0. The van der Waals surface area contributed by atoms with Crippen molar-refractivity contribution in [3.63, 3.8) is 0 Å². The van der Waals surface area contributed by atoms with Crippen LogP contribution in [0.3, 0.4) is 0 Å². The molecule has 1 aliphatic rings. The van der Waals surface area contributed by atoms with E-state index in [2.05, 4.69) is 31.1 Å². The van der Waals surface area contributed by atoms with Gasteiger partial charge in [0.1, 0.15) is 12.4 Å². The second-order valence-electron chi connectivity index (χ2n) is 8.96. The molecule has 2 amide bonds. The molecular formula is C26H35N3O4. The Kier molecular flexibility index (Phi) is 8.47. The zero-order valence-corrected chi connectivity index (χ0v) is 20.2. The molecule has 33 heavy (non-hydrogen) atoms. The number of nitrogens with one attached hydrogen (secondary N) is 1. The van der Waals surface area contributed by atoms with Crippen LogP contribution in [0.2, 0.25) is 0 Å². The number of carbonyl (C=O) groups is 2. The fourth-order valence-electron chi connectivity index (χ4n) is 4.02. The maximum Gasteiger partial charge on any atom is 0.257 e. The van der Waals surface area contributed by atoms with Crippen molar-refractivity contribution in [2.45, 2.75) is 32.4 Å². The van der Waals surface area contributed by atoms with E-state index in [0.29, 0.717) is 30.2 Å². The molecule has 1 aliphatic heterocycles. The molecule has 0 radical (unpaired) electrons. The van der Waals surface area contributed by atoms with Gasteiger partial charge in [-0.25, -0.2) is 0 Å². The highest BCUT2D eigenvalue weighted by atomic mass is 16.5. The van der Waals surface area contributed by atoms with Crippen LogP contribution in [0.25, 0.3) is 0 Å². The van der Waals surface area contributed by atoms with Crippen molar-refractivity contribution >= 4 is 17.5 Å². The monoisotopic (exact) mass is 453 g/mol. The van der Waals surface area contributed by atoms with Gasteiger partial charge in [0.25, 0.3) is 5.91 Å². The highest BCUT2D eigenvalue weighted by Crippen LogP contribution is 2.26. The molecule has 0 fully saturated rings. The first-order valence-corrected chi connectivity index (χ1v) is 11.4. The van der Waals surface area contributed by atoms with Gasteiger partial charge >= 0.3 is 0 Å². The molecule has 7 nitrogen and oxygen atoms in total. The van der Waals surface area contributed by atoms with Crippen LogP contribution in [-0.4, -0.2) is 74.7 Å². The molecular weight excluding hydrogens is 418 g/mol. The first-order chi connectivity index (χ1) is 15.8. The summed E-state index contributed by atoms with van der Waals surface area (Å²) < 4.78 is 11.8. The van der Waals surface area contributed by atoms with Gasteiger partial charge < -0.3 is 19.7 Å². The molecule has 3 atom stereocenters. The quantitative estimate of drug-likeness (QED) is 0.769. The van der Waals surface area contributed by atoms with Crippen molar-refractivity contribution in [3.8, 4) is 5.75 Å². The fourth-order valence-corrected chi connectivity index (χ4v) is 4.02. The van der Waals surface area contributed by atoms with Gasteiger partial charge in [-0.15, -0.1) is 0 Å². The molecule has 1 heterocycles. The molecule has 7 heteroatoms. The van der Waals surface area contributed by atoms with Crippen LogP contribution in [0.15, 0.2) is 48.5 Å². The molecule has 0 spiro atoms. The molecule has 1 N–H and O–H groups in total. The summed E-state index contributed by atoms with van der Waals surface area (Å²) in [5, 5.41) is 2.91. The summed E-state index contributed by atoms with van der Waals surface area (Å²) in [6.45, 7) is 5.99. The van der Waals surface area contributed by atoms with Crippen LogP contribution in [0, 0.1) is 5.92 Å². The Morgan fingerprint density at radius 3 is 2.55 bits per heavy atom. The number of hydrogen-bond donors (Lipinski definition) is 1. The standard InChI is InChI=1S/C26H35N3O4/c1-18-15-28(3)19(2)17-33-23-12-11-21(27-25(30)13-20-9-7-6-8-10-20)14-22(23)26(31)29(4)16-24(18)32-5/h6-12,14,18-19,24H,13,15-17H2,1-5H3,(H,27,30)/t18-,19-,24+/m1/s1. The first-order valence-electron chi connectivity index (χ1n) is 11.4. The Hall–Kier alpha value is -2.90. The zero-order valence-electron chi connectivity index (χ0n) is 20.2. The number of hydrogen-bond acceptors (Lipinski definition) is 5. The Balaban J connectivity index is 1.85. The van der Waals surface area contributed by atoms with E-state index in [0.717, 1.165) is 12.1 Å². The molecule has 0 aliphatic carbocycles. The molecule has 178 valence electrons. The van der Waals surface area contributed by atoms with Crippen LogP contribution in [0.1, 0.15) is 29.8 Å². The largest absolute Gasteiger partial charge is 0.491 e. The minimum absolute atomic E-state index is 0.0915. The Morgan fingerprint density at radius 2 is 1.85 bits per heavy atom. The highest BCUT2D eigenvalue weighted by molar-refractivity contribution is 5.99. The predicted octanol–water partition coefficient (Wildman–Crippen LogP) is 3.30. The van der Waals surface area contributed by atoms with Gasteiger partial charge in [0, 0.05) is 39.0 Å². The number of amides is 2. The van der Waals surface area contributed by atoms with Crippen LogP contribution in [0.5, 0.6) is 5.75 Å². The summed E-state index contributed by atoms with van der Waals surface area (Å²) in [5.74, 6) is 0.440. The minimum atomic E-state index is -0.167. The van der Waals surface area contributed by atoms with Crippen molar-refractivity contribution in [1.29, 1.82) is 0 Å². The van der Waals surface area contributed by atoms with Crippen molar-refractivity contribution in [3.05, 3.63) is 59.7 Å². The van der Waals surface area contributed by atoms with Crippen LogP contribution in [-0.2, 0) is 16.0 Å². The summed E-state index contributed by atoms with van der Waals surface area (Å²) in [7, 11) is 5.53. The normalized spacial score (nSPS) is 22.5. The zero-order chi connectivity index (χ0) is 24.0. The topological polar surface area (TPSA) is 71.1 Å². The third-order valence-corrected chi connectivity index (χ3v) is 6.25. The number of anilines is 1. The number of likely N-dealkylation sites (N-methyl/N-ethyl adjacent to an activating group) is 2. The summed E-state index contributed by atoms with van der Waals surface area (Å²) in [4.78, 5) is 29.8. The maximum absolute atomic E-state index is 13.4. The fraction of sp³-hybridized carbons (Fsp3) is 0.462.